The molecule has 0 aliphatic carbocycles. The molecule has 5 N–H and O–H groups in total. The maximum atomic E-state index is 10.8. The molecule has 0 aliphatic heterocycles. The van der Waals surface area contributed by atoms with Crippen LogP contribution in [-0.4, -0.2) is 38.9 Å². The van der Waals surface area contributed by atoms with Crippen molar-refractivity contribution in [2.24, 2.45) is 5.73 Å². The Kier molecular flexibility index (Phi) is 4.36. The number of pyridine rings is 1. The van der Waals surface area contributed by atoms with Gasteiger partial charge in [-0.2, -0.15) is 0 Å². The lowest BCUT2D eigenvalue weighted by atomic mass is 10.0. The Labute approximate surface area is 92.4 Å². The van der Waals surface area contributed by atoms with Crippen LogP contribution in [0.2, 0.25) is 0 Å². The van der Waals surface area contributed by atoms with Crippen molar-refractivity contribution in [1.82, 2.24) is 4.98 Å². The predicted molar refractivity (Wildman–Crippen MR) is 55.8 cm³/mol. The van der Waals surface area contributed by atoms with Crippen LogP contribution in [0.3, 0.4) is 0 Å². The van der Waals surface area contributed by atoms with E-state index in [9.17, 15) is 15.0 Å². The number of aromatic carboxylic acids is 1. The average molecular weight is 226 g/mol. The molecule has 1 aromatic heterocycles. The molecule has 1 rings (SSSR count). The predicted octanol–water partition coefficient (Wildman–Crippen LogP) is -0.477. The second kappa shape index (κ2) is 5.55. The van der Waals surface area contributed by atoms with Crippen molar-refractivity contribution in [1.29, 1.82) is 0 Å². The summed E-state index contributed by atoms with van der Waals surface area (Å²) in [5.74, 6) is -1.19. The van der Waals surface area contributed by atoms with Crippen LogP contribution in [0, 0.1) is 0 Å². The summed E-state index contributed by atoms with van der Waals surface area (Å²) >= 11 is 0. The van der Waals surface area contributed by atoms with Crippen molar-refractivity contribution in [3.8, 4) is 0 Å². The highest BCUT2D eigenvalue weighted by atomic mass is 16.4. The minimum atomic E-state index is -1.34. The van der Waals surface area contributed by atoms with E-state index in [1.165, 1.54) is 18.3 Å². The molecule has 2 atom stereocenters. The summed E-state index contributed by atoms with van der Waals surface area (Å²) in [5, 5.41) is 28.1. The lowest BCUT2D eigenvalue weighted by Crippen LogP contribution is -2.24. The number of hydrogen-bond acceptors (Lipinski definition) is 5. The van der Waals surface area contributed by atoms with Crippen LogP contribution in [0.1, 0.15) is 28.6 Å². The lowest BCUT2D eigenvalue weighted by Gasteiger charge is -2.17. The highest BCUT2D eigenvalue weighted by molar-refractivity contribution is 5.88. The zero-order valence-electron chi connectivity index (χ0n) is 8.58. The van der Waals surface area contributed by atoms with E-state index in [4.69, 9.17) is 10.8 Å². The van der Waals surface area contributed by atoms with E-state index in [1.807, 2.05) is 0 Å². The largest absolute Gasteiger partial charge is 0.478 e. The molecule has 0 bridgehead atoms. The highest BCUT2D eigenvalue weighted by Crippen LogP contribution is 2.20. The number of nitrogens with zero attached hydrogens (tertiary/aromatic N) is 1. The van der Waals surface area contributed by atoms with Crippen LogP contribution in [0.5, 0.6) is 0 Å². The normalized spacial score (nSPS) is 14.4. The molecule has 0 saturated heterocycles. The van der Waals surface area contributed by atoms with Gasteiger partial charge in [-0.1, -0.05) is 0 Å². The van der Waals surface area contributed by atoms with Crippen molar-refractivity contribution in [2.75, 3.05) is 6.54 Å². The van der Waals surface area contributed by atoms with Crippen molar-refractivity contribution in [3.05, 3.63) is 29.6 Å². The number of aromatic nitrogens is 1. The van der Waals surface area contributed by atoms with E-state index < -0.39 is 18.2 Å². The SMILES string of the molecule is NCCC(O)C(O)c1ncccc1C(=O)O. The first-order valence-corrected chi connectivity index (χ1v) is 4.82. The second-order valence-corrected chi connectivity index (χ2v) is 3.33. The minimum Gasteiger partial charge on any atom is -0.478 e. The van der Waals surface area contributed by atoms with Crippen molar-refractivity contribution in [3.63, 3.8) is 0 Å². The van der Waals surface area contributed by atoms with Gasteiger partial charge in [0.25, 0.3) is 0 Å². The van der Waals surface area contributed by atoms with Gasteiger partial charge < -0.3 is 21.1 Å². The zero-order valence-corrected chi connectivity index (χ0v) is 8.58. The van der Waals surface area contributed by atoms with Crippen LogP contribution >= 0.6 is 0 Å². The minimum absolute atomic E-state index is 0.0454. The topological polar surface area (TPSA) is 117 Å². The molecule has 0 spiro atoms. The summed E-state index contributed by atoms with van der Waals surface area (Å²) in [4.78, 5) is 14.6. The highest BCUT2D eigenvalue weighted by Gasteiger charge is 2.24. The first kappa shape index (κ1) is 12.6. The Bertz CT molecular complexity index is 370. The maximum absolute atomic E-state index is 10.8. The fraction of sp³-hybridized carbons (Fsp3) is 0.400. The van der Waals surface area contributed by atoms with E-state index in [1.54, 1.807) is 0 Å². The quantitative estimate of drug-likeness (QED) is 0.539. The second-order valence-electron chi connectivity index (χ2n) is 3.33. The van der Waals surface area contributed by atoms with Gasteiger partial charge in [-0.25, -0.2) is 4.79 Å². The molecule has 0 radical (unpaired) electrons. The molecule has 6 heteroatoms. The molecular weight excluding hydrogens is 212 g/mol. The first-order chi connectivity index (χ1) is 7.57. The van der Waals surface area contributed by atoms with Crippen molar-refractivity contribution >= 4 is 5.97 Å². The molecule has 1 heterocycles. The van der Waals surface area contributed by atoms with Gasteiger partial charge in [0, 0.05) is 6.20 Å². The summed E-state index contributed by atoms with van der Waals surface area (Å²) in [6.07, 6.45) is -0.911. The molecule has 0 amide bonds. The number of carboxylic acid groups (broad SMARTS) is 1. The molecule has 88 valence electrons. The molecular formula is C10H14N2O4. The first-order valence-electron chi connectivity index (χ1n) is 4.82. The van der Waals surface area contributed by atoms with Gasteiger partial charge in [0.05, 0.1) is 17.4 Å². The Morgan fingerprint density at radius 3 is 2.75 bits per heavy atom. The molecule has 6 nitrogen and oxygen atoms in total. The monoisotopic (exact) mass is 226 g/mol. The van der Waals surface area contributed by atoms with Crippen LogP contribution in [-0.2, 0) is 0 Å². The molecule has 1 aromatic rings. The van der Waals surface area contributed by atoms with Gasteiger partial charge >= 0.3 is 5.97 Å². The Morgan fingerprint density at radius 2 is 2.19 bits per heavy atom. The number of aliphatic hydroxyl groups excluding tert-OH is 2. The number of rotatable bonds is 5. The summed E-state index contributed by atoms with van der Waals surface area (Å²) in [7, 11) is 0. The Morgan fingerprint density at radius 1 is 1.50 bits per heavy atom. The molecule has 0 aliphatic rings. The lowest BCUT2D eigenvalue weighted by molar-refractivity contribution is 0.0115. The van der Waals surface area contributed by atoms with Gasteiger partial charge in [0.15, 0.2) is 0 Å². The molecule has 2 unspecified atom stereocenters. The van der Waals surface area contributed by atoms with Crippen LogP contribution in [0.15, 0.2) is 18.3 Å². The fourth-order valence-electron chi connectivity index (χ4n) is 1.34. The Balaban J connectivity index is 2.98. The molecule has 0 fully saturated rings. The van der Waals surface area contributed by atoms with E-state index in [2.05, 4.69) is 4.98 Å². The number of aliphatic hydroxyl groups is 2. The van der Waals surface area contributed by atoms with Crippen molar-refractivity contribution in [2.45, 2.75) is 18.6 Å². The van der Waals surface area contributed by atoms with Crippen LogP contribution in [0.25, 0.3) is 0 Å². The standard InChI is InChI=1S/C10H14N2O4/c11-4-3-7(13)9(14)8-6(10(15)16)2-1-5-12-8/h1-2,5,7,9,13-14H,3-4,11H2,(H,15,16). The van der Waals surface area contributed by atoms with Crippen LogP contribution < -0.4 is 5.73 Å². The number of carbonyl (C=O) groups is 1. The number of hydrogen-bond donors (Lipinski definition) is 4. The molecule has 0 saturated carbocycles. The summed E-state index contributed by atoms with van der Waals surface area (Å²) < 4.78 is 0. The summed E-state index contributed by atoms with van der Waals surface area (Å²) in [6.45, 7) is 0.202. The third kappa shape index (κ3) is 2.75. The van der Waals surface area contributed by atoms with Gasteiger partial charge in [-0.3, -0.25) is 4.98 Å². The van der Waals surface area contributed by atoms with Gasteiger partial charge in [0.1, 0.15) is 6.10 Å². The average Bonchev–Trinajstić information content (AvgIpc) is 2.28. The molecule has 16 heavy (non-hydrogen) atoms. The van der Waals surface area contributed by atoms with E-state index >= 15 is 0 Å². The zero-order chi connectivity index (χ0) is 12.1. The number of nitrogens with two attached hydrogens (primary N) is 1. The van der Waals surface area contributed by atoms with E-state index in [0.717, 1.165) is 0 Å². The number of carboxylic acids is 1. The van der Waals surface area contributed by atoms with Gasteiger partial charge in [0.2, 0.25) is 0 Å². The maximum Gasteiger partial charge on any atom is 0.337 e. The van der Waals surface area contributed by atoms with Gasteiger partial charge in [-0.15, -0.1) is 0 Å². The smallest absolute Gasteiger partial charge is 0.337 e. The van der Waals surface area contributed by atoms with Crippen molar-refractivity contribution < 1.29 is 20.1 Å². The van der Waals surface area contributed by atoms with E-state index in [-0.39, 0.29) is 24.2 Å². The third-order valence-electron chi connectivity index (χ3n) is 2.18. The summed E-state index contributed by atoms with van der Waals surface area (Å²) in [6, 6.07) is 2.78. The Hall–Kier alpha value is -1.50. The van der Waals surface area contributed by atoms with Crippen LogP contribution in [0.4, 0.5) is 0 Å². The third-order valence-corrected chi connectivity index (χ3v) is 2.18. The van der Waals surface area contributed by atoms with E-state index in [0.29, 0.717) is 0 Å². The van der Waals surface area contributed by atoms with Gasteiger partial charge in [-0.05, 0) is 25.1 Å². The summed E-state index contributed by atoms with van der Waals surface area (Å²) in [5.41, 5.74) is 5.07. The fourth-order valence-corrected chi connectivity index (χ4v) is 1.34. The molecule has 0 aromatic carbocycles.